The summed E-state index contributed by atoms with van der Waals surface area (Å²) in [6.45, 7) is 0.903. The highest BCUT2D eigenvalue weighted by Crippen LogP contribution is 2.30. The van der Waals surface area contributed by atoms with E-state index in [2.05, 4.69) is 10.3 Å². The van der Waals surface area contributed by atoms with Gasteiger partial charge < -0.3 is 25.0 Å². The average Bonchev–Trinajstić information content (AvgIpc) is 2.74. The first-order valence-corrected chi connectivity index (χ1v) is 6.32. The van der Waals surface area contributed by atoms with Crippen LogP contribution < -0.4 is 11.0 Å². The lowest BCUT2D eigenvalue weighted by Crippen LogP contribution is -2.37. The fourth-order valence-electron chi connectivity index (χ4n) is 2.20. The van der Waals surface area contributed by atoms with E-state index in [4.69, 9.17) is 14.6 Å². The highest BCUT2D eigenvalue weighted by Gasteiger charge is 2.45. The van der Waals surface area contributed by atoms with E-state index in [1.165, 1.54) is 26.3 Å². The first-order valence-electron chi connectivity index (χ1n) is 6.32. The minimum atomic E-state index is -1.06. The number of rotatable bonds is 4. The number of amides is 1. The predicted molar refractivity (Wildman–Crippen MR) is 70.6 cm³/mol. The van der Waals surface area contributed by atoms with Gasteiger partial charge in [-0.05, 0) is 6.07 Å². The lowest BCUT2D eigenvalue weighted by atomic mass is 10.1. The fourth-order valence-corrected chi connectivity index (χ4v) is 2.20. The summed E-state index contributed by atoms with van der Waals surface area (Å²) in [5.41, 5.74) is -0.668. The number of carbonyl (C=O) groups excluding carboxylic acids is 1. The Balaban J connectivity index is 2.29. The molecule has 0 aromatic carbocycles. The largest absolute Gasteiger partial charge is 0.394 e. The number of hydrogen-bond donors (Lipinski definition) is 3. The van der Waals surface area contributed by atoms with Crippen LogP contribution in [0.4, 0.5) is 5.82 Å². The predicted octanol–water partition coefficient (Wildman–Crippen LogP) is -1.53. The van der Waals surface area contributed by atoms with Crippen molar-refractivity contribution in [3.8, 4) is 0 Å². The number of nitrogens with zero attached hydrogens (tertiary/aromatic N) is 2. The number of aliphatic hydroxyl groups excluding tert-OH is 2. The molecule has 116 valence electrons. The first-order chi connectivity index (χ1) is 9.97. The molecule has 1 saturated heterocycles. The molecule has 1 aromatic heterocycles. The number of aliphatic hydroxyl groups is 2. The Bertz CT molecular complexity index is 574. The molecule has 1 aromatic rings. The number of nitrogens with one attached hydrogen (secondary N) is 1. The Hall–Kier alpha value is -1.81. The molecule has 3 N–H and O–H groups in total. The fraction of sp³-hybridized carbons (Fsp3) is 0.583. The molecule has 0 radical (unpaired) electrons. The Morgan fingerprint density at radius 3 is 2.86 bits per heavy atom. The van der Waals surface area contributed by atoms with Crippen LogP contribution in [-0.4, -0.2) is 57.7 Å². The van der Waals surface area contributed by atoms with Crippen molar-refractivity contribution in [3.63, 3.8) is 0 Å². The van der Waals surface area contributed by atoms with Crippen molar-refractivity contribution in [2.45, 2.75) is 31.5 Å². The molecule has 0 saturated carbocycles. The van der Waals surface area contributed by atoms with E-state index in [1.807, 2.05) is 0 Å². The van der Waals surface area contributed by atoms with Crippen LogP contribution in [-0.2, 0) is 14.3 Å². The topological polar surface area (TPSA) is 123 Å². The molecule has 1 fully saturated rings. The third kappa shape index (κ3) is 3.10. The molecule has 9 nitrogen and oxygen atoms in total. The van der Waals surface area contributed by atoms with Crippen LogP contribution in [0.3, 0.4) is 0 Å². The van der Waals surface area contributed by atoms with E-state index in [0.717, 1.165) is 4.57 Å². The number of hydrogen-bond acceptors (Lipinski definition) is 7. The highest BCUT2D eigenvalue weighted by atomic mass is 16.6. The molecule has 1 aliphatic rings. The summed E-state index contributed by atoms with van der Waals surface area (Å²) in [6.07, 6.45) is -2.25. The quantitative estimate of drug-likeness (QED) is 0.616. The molecule has 1 amide bonds. The minimum Gasteiger partial charge on any atom is -0.394 e. The maximum atomic E-state index is 12.0. The van der Waals surface area contributed by atoms with Gasteiger partial charge in [-0.1, -0.05) is 0 Å². The van der Waals surface area contributed by atoms with E-state index in [0.29, 0.717) is 0 Å². The lowest BCUT2D eigenvalue weighted by molar-refractivity contribution is -0.114. The third-order valence-electron chi connectivity index (χ3n) is 3.17. The molecule has 0 spiro atoms. The normalized spacial score (nSPS) is 28.6. The van der Waals surface area contributed by atoms with Gasteiger partial charge in [0, 0.05) is 20.2 Å². The summed E-state index contributed by atoms with van der Waals surface area (Å²) in [5, 5.41) is 21.5. The molecule has 2 heterocycles. The van der Waals surface area contributed by atoms with Gasteiger partial charge in [-0.15, -0.1) is 0 Å². The van der Waals surface area contributed by atoms with Gasteiger partial charge in [-0.3, -0.25) is 9.36 Å². The zero-order valence-corrected chi connectivity index (χ0v) is 11.6. The zero-order valence-electron chi connectivity index (χ0n) is 11.6. The second-order valence-electron chi connectivity index (χ2n) is 4.62. The van der Waals surface area contributed by atoms with Crippen LogP contribution >= 0.6 is 0 Å². The number of aromatic nitrogens is 2. The molecular formula is C12H17N3O6. The van der Waals surface area contributed by atoms with Crippen molar-refractivity contribution in [2.24, 2.45) is 0 Å². The van der Waals surface area contributed by atoms with Gasteiger partial charge in [0.05, 0.1) is 6.61 Å². The number of methoxy groups -OCH3 is 1. The van der Waals surface area contributed by atoms with Crippen LogP contribution in [0.25, 0.3) is 0 Å². The Labute approximate surface area is 120 Å². The van der Waals surface area contributed by atoms with E-state index in [1.54, 1.807) is 0 Å². The SMILES string of the molecule is CO[C@H]1C(O)C(CO)OC1n1ccc(NC(C)=O)nc1=O. The minimum absolute atomic E-state index is 0.120. The molecule has 0 bridgehead atoms. The van der Waals surface area contributed by atoms with Gasteiger partial charge >= 0.3 is 5.69 Å². The van der Waals surface area contributed by atoms with Crippen molar-refractivity contribution in [1.29, 1.82) is 0 Å². The first kappa shape index (κ1) is 15.6. The summed E-state index contributed by atoms with van der Waals surface area (Å²) in [5.74, 6) is -0.225. The Morgan fingerprint density at radius 2 is 2.33 bits per heavy atom. The standard InChI is InChI=1S/C12H17N3O6/c1-6(17)13-8-3-4-15(12(19)14-8)11-10(20-2)9(18)7(5-16)21-11/h3-4,7,9-11,16,18H,5H2,1-2H3,(H,13,14,17,19)/t7?,9?,10-,11?/m0/s1. The third-order valence-corrected chi connectivity index (χ3v) is 3.17. The van der Waals surface area contributed by atoms with Gasteiger partial charge in [0.1, 0.15) is 24.1 Å². The number of carbonyl (C=O) groups is 1. The molecule has 4 atom stereocenters. The van der Waals surface area contributed by atoms with E-state index >= 15 is 0 Å². The Morgan fingerprint density at radius 1 is 1.62 bits per heavy atom. The average molecular weight is 299 g/mol. The maximum absolute atomic E-state index is 12.0. The molecule has 2 rings (SSSR count). The van der Waals surface area contributed by atoms with Crippen LogP contribution in [0.15, 0.2) is 17.1 Å². The van der Waals surface area contributed by atoms with E-state index < -0.39 is 36.8 Å². The highest BCUT2D eigenvalue weighted by molar-refractivity contribution is 5.87. The molecule has 0 aliphatic carbocycles. The van der Waals surface area contributed by atoms with Crippen molar-refractivity contribution in [1.82, 2.24) is 9.55 Å². The summed E-state index contributed by atoms with van der Waals surface area (Å²) in [4.78, 5) is 26.6. The van der Waals surface area contributed by atoms with E-state index in [9.17, 15) is 14.7 Å². The molecule has 21 heavy (non-hydrogen) atoms. The lowest BCUT2D eigenvalue weighted by Gasteiger charge is -2.20. The van der Waals surface area contributed by atoms with Gasteiger partial charge in [0.25, 0.3) is 0 Å². The molecule has 3 unspecified atom stereocenters. The summed E-state index contributed by atoms with van der Waals surface area (Å²) < 4.78 is 11.7. The zero-order chi connectivity index (χ0) is 15.6. The van der Waals surface area contributed by atoms with Crippen molar-refractivity contribution in [3.05, 3.63) is 22.7 Å². The van der Waals surface area contributed by atoms with Crippen molar-refractivity contribution >= 4 is 11.7 Å². The molecule has 9 heteroatoms. The number of ether oxygens (including phenoxy) is 2. The second kappa shape index (κ2) is 6.31. The summed E-state index contributed by atoms with van der Waals surface area (Å²) >= 11 is 0. The number of anilines is 1. The monoisotopic (exact) mass is 299 g/mol. The van der Waals surface area contributed by atoms with Gasteiger partial charge in [-0.25, -0.2) is 4.79 Å². The maximum Gasteiger partial charge on any atom is 0.351 e. The van der Waals surface area contributed by atoms with E-state index in [-0.39, 0.29) is 11.7 Å². The Kier molecular flexibility index (Phi) is 4.68. The summed E-state index contributed by atoms with van der Waals surface area (Å²) in [7, 11) is 1.37. The van der Waals surface area contributed by atoms with Crippen molar-refractivity contribution in [2.75, 3.05) is 19.0 Å². The van der Waals surface area contributed by atoms with Crippen LogP contribution in [0, 0.1) is 0 Å². The molecule has 1 aliphatic heterocycles. The smallest absolute Gasteiger partial charge is 0.351 e. The van der Waals surface area contributed by atoms with Crippen LogP contribution in [0.5, 0.6) is 0 Å². The van der Waals surface area contributed by atoms with Crippen molar-refractivity contribution < 1.29 is 24.5 Å². The molecular weight excluding hydrogens is 282 g/mol. The second-order valence-corrected chi connectivity index (χ2v) is 4.62. The van der Waals surface area contributed by atoms with Gasteiger partial charge in [0.15, 0.2) is 6.23 Å². The summed E-state index contributed by atoms with van der Waals surface area (Å²) in [6, 6.07) is 1.43. The van der Waals surface area contributed by atoms with Gasteiger partial charge in [-0.2, -0.15) is 4.98 Å². The van der Waals surface area contributed by atoms with Crippen LogP contribution in [0.2, 0.25) is 0 Å². The van der Waals surface area contributed by atoms with Crippen LogP contribution in [0.1, 0.15) is 13.2 Å². The van der Waals surface area contributed by atoms with Gasteiger partial charge in [0.2, 0.25) is 5.91 Å².